The molecule has 6 nitrogen and oxygen atoms in total. The molecule has 7 heteroatoms. The Hall–Kier alpha value is -3.84. The maximum Gasteiger partial charge on any atom is 0.260 e. The zero-order valence-electron chi connectivity index (χ0n) is 18.9. The van der Waals surface area contributed by atoms with Gasteiger partial charge in [0.15, 0.2) is 5.13 Å². The first kappa shape index (κ1) is 22.0. The van der Waals surface area contributed by atoms with Gasteiger partial charge in [-0.2, -0.15) is 0 Å². The lowest BCUT2D eigenvalue weighted by molar-refractivity contribution is -0.121. The van der Waals surface area contributed by atoms with Crippen LogP contribution >= 0.6 is 11.3 Å². The van der Waals surface area contributed by atoms with E-state index in [0.29, 0.717) is 22.9 Å². The van der Waals surface area contributed by atoms with Gasteiger partial charge < -0.3 is 0 Å². The van der Waals surface area contributed by atoms with Gasteiger partial charge in [-0.1, -0.05) is 53.8 Å². The minimum Gasteiger partial charge on any atom is -0.279 e. The molecule has 0 unspecified atom stereocenters. The van der Waals surface area contributed by atoms with E-state index in [1.54, 1.807) is 29.2 Å². The molecule has 34 heavy (non-hydrogen) atoms. The number of amides is 3. The number of fused-ring (bicyclic) bond motifs is 1. The summed E-state index contributed by atoms with van der Waals surface area (Å²) in [7, 11) is 0. The molecule has 2 heterocycles. The van der Waals surface area contributed by atoms with Crippen LogP contribution in [-0.2, 0) is 16.1 Å². The standard InChI is InChI=1S/C27H23N3O3S/c1-17-13-18(2)25-22(14-17)28-27(34-25)29(16-19-7-4-3-5-8-19)26(33)20-9-6-10-21(15-20)30-23(31)11-12-24(30)32/h3-10,13-15H,11-12,16H2,1-2H3. The maximum absolute atomic E-state index is 13.8. The molecule has 0 bridgehead atoms. The Morgan fingerprint density at radius 2 is 1.71 bits per heavy atom. The Labute approximate surface area is 201 Å². The number of aryl methyl sites for hydroxylation is 2. The second kappa shape index (κ2) is 8.83. The molecular formula is C27H23N3O3S. The third kappa shape index (κ3) is 4.10. The quantitative estimate of drug-likeness (QED) is 0.366. The van der Waals surface area contributed by atoms with Crippen molar-refractivity contribution in [2.24, 2.45) is 0 Å². The normalized spacial score (nSPS) is 13.6. The highest BCUT2D eigenvalue weighted by atomic mass is 32.1. The highest BCUT2D eigenvalue weighted by molar-refractivity contribution is 7.22. The smallest absolute Gasteiger partial charge is 0.260 e. The van der Waals surface area contributed by atoms with Gasteiger partial charge in [0.1, 0.15) is 0 Å². The van der Waals surface area contributed by atoms with Crippen LogP contribution in [0.5, 0.6) is 0 Å². The molecular weight excluding hydrogens is 446 g/mol. The highest BCUT2D eigenvalue weighted by Gasteiger charge is 2.31. The van der Waals surface area contributed by atoms with Crippen LogP contribution in [0.3, 0.4) is 0 Å². The number of rotatable bonds is 5. The zero-order chi connectivity index (χ0) is 23.8. The summed E-state index contributed by atoms with van der Waals surface area (Å²) in [6.07, 6.45) is 0.392. The molecule has 0 N–H and O–H groups in total. The molecule has 0 atom stereocenters. The number of imide groups is 1. The number of hydrogen-bond donors (Lipinski definition) is 0. The molecule has 1 saturated heterocycles. The number of anilines is 2. The van der Waals surface area contributed by atoms with Crippen LogP contribution in [0.15, 0.2) is 66.7 Å². The highest BCUT2D eigenvalue weighted by Crippen LogP contribution is 2.34. The summed E-state index contributed by atoms with van der Waals surface area (Å²) in [5.74, 6) is -0.723. The third-order valence-corrected chi connectivity index (χ3v) is 7.10. The lowest BCUT2D eigenvalue weighted by atomic mass is 10.1. The number of carbonyl (C=O) groups excluding carboxylic acids is 3. The van der Waals surface area contributed by atoms with Crippen molar-refractivity contribution in [3.05, 3.63) is 89.0 Å². The Morgan fingerprint density at radius 1 is 0.971 bits per heavy atom. The molecule has 0 aliphatic carbocycles. The van der Waals surface area contributed by atoms with Crippen molar-refractivity contribution < 1.29 is 14.4 Å². The van der Waals surface area contributed by atoms with E-state index in [1.807, 2.05) is 50.2 Å². The van der Waals surface area contributed by atoms with Crippen LogP contribution in [-0.4, -0.2) is 22.7 Å². The number of carbonyl (C=O) groups is 3. The molecule has 1 aliphatic rings. The lowest BCUT2D eigenvalue weighted by Crippen LogP contribution is -2.31. The van der Waals surface area contributed by atoms with E-state index in [1.165, 1.54) is 16.2 Å². The molecule has 3 amide bonds. The number of thiazole rings is 1. The van der Waals surface area contributed by atoms with Gasteiger partial charge in [-0.15, -0.1) is 0 Å². The summed E-state index contributed by atoms with van der Waals surface area (Å²) in [6.45, 7) is 4.43. The molecule has 4 aromatic rings. The number of benzene rings is 3. The van der Waals surface area contributed by atoms with Gasteiger partial charge in [0.05, 0.1) is 22.4 Å². The topological polar surface area (TPSA) is 70.6 Å². The van der Waals surface area contributed by atoms with Crippen LogP contribution in [0.1, 0.15) is 39.9 Å². The Morgan fingerprint density at radius 3 is 2.44 bits per heavy atom. The van der Waals surface area contributed by atoms with Gasteiger partial charge in [0.2, 0.25) is 11.8 Å². The first-order valence-corrected chi connectivity index (χ1v) is 11.9. The van der Waals surface area contributed by atoms with Crippen LogP contribution in [0.2, 0.25) is 0 Å². The predicted octanol–water partition coefficient (Wildman–Crippen LogP) is 5.41. The van der Waals surface area contributed by atoms with E-state index >= 15 is 0 Å². The van der Waals surface area contributed by atoms with Crippen molar-refractivity contribution in [3.63, 3.8) is 0 Å². The van der Waals surface area contributed by atoms with Gasteiger partial charge in [-0.05, 0) is 54.8 Å². The van der Waals surface area contributed by atoms with E-state index in [-0.39, 0.29) is 30.6 Å². The van der Waals surface area contributed by atoms with Crippen molar-refractivity contribution in [1.29, 1.82) is 0 Å². The second-order valence-corrected chi connectivity index (χ2v) is 9.45. The summed E-state index contributed by atoms with van der Waals surface area (Å²) in [5, 5.41) is 0.608. The average molecular weight is 470 g/mol. The van der Waals surface area contributed by atoms with Crippen molar-refractivity contribution in [2.45, 2.75) is 33.2 Å². The largest absolute Gasteiger partial charge is 0.279 e. The number of hydrogen-bond acceptors (Lipinski definition) is 5. The van der Waals surface area contributed by atoms with E-state index < -0.39 is 0 Å². The molecule has 0 spiro atoms. The third-order valence-electron chi connectivity index (χ3n) is 5.87. The first-order valence-electron chi connectivity index (χ1n) is 11.1. The lowest BCUT2D eigenvalue weighted by Gasteiger charge is -2.21. The van der Waals surface area contributed by atoms with Gasteiger partial charge in [-0.3, -0.25) is 24.2 Å². The van der Waals surface area contributed by atoms with Crippen molar-refractivity contribution >= 4 is 50.1 Å². The van der Waals surface area contributed by atoms with Crippen molar-refractivity contribution in [3.8, 4) is 0 Å². The molecule has 1 aliphatic heterocycles. The summed E-state index contributed by atoms with van der Waals surface area (Å²) >= 11 is 1.49. The van der Waals surface area contributed by atoms with Crippen LogP contribution in [0, 0.1) is 13.8 Å². The molecule has 1 aromatic heterocycles. The second-order valence-electron chi connectivity index (χ2n) is 8.48. The molecule has 3 aromatic carbocycles. The summed E-state index contributed by atoms with van der Waals surface area (Å²) in [6, 6.07) is 20.6. The molecule has 170 valence electrons. The first-order chi connectivity index (χ1) is 16.4. The Bertz CT molecular complexity index is 1410. The zero-order valence-corrected chi connectivity index (χ0v) is 19.8. The number of nitrogens with zero attached hydrogens (tertiary/aromatic N) is 3. The average Bonchev–Trinajstić information content (AvgIpc) is 3.40. The minimum absolute atomic E-state index is 0.196. The van der Waals surface area contributed by atoms with E-state index in [4.69, 9.17) is 4.98 Å². The fourth-order valence-electron chi connectivity index (χ4n) is 4.27. The molecule has 0 saturated carbocycles. The summed E-state index contributed by atoms with van der Waals surface area (Å²) in [4.78, 5) is 45.9. The van der Waals surface area contributed by atoms with E-state index in [0.717, 1.165) is 26.9 Å². The fourth-order valence-corrected chi connectivity index (χ4v) is 5.28. The monoisotopic (exact) mass is 469 g/mol. The van der Waals surface area contributed by atoms with E-state index in [2.05, 4.69) is 6.07 Å². The summed E-state index contributed by atoms with van der Waals surface area (Å²) < 4.78 is 1.05. The van der Waals surface area contributed by atoms with E-state index in [9.17, 15) is 14.4 Å². The maximum atomic E-state index is 13.8. The fraction of sp³-hybridized carbons (Fsp3) is 0.185. The number of aromatic nitrogens is 1. The van der Waals surface area contributed by atoms with Crippen LogP contribution in [0.4, 0.5) is 10.8 Å². The predicted molar refractivity (Wildman–Crippen MR) is 134 cm³/mol. The van der Waals surface area contributed by atoms with Gasteiger partial charge in [0, 0.05) is 18.4 Å². The molecule has 0 radical (unpaired) electrons. The summed E-state index contributed by atoms with van der Waals surface area (Å²) in [5.41, 5.74) is 4.91. The van der Waals surface area contributed by atoms with Crippen molar-refractivity contribution in [1.82, 2.24) is 4.98 Å². The van der Waals surface area contributed by atoms with Crippen LogP contribution < -0.4 is 9.80 Å². The van der Waals surface area contributed by atoms with Gasteiger partial charge in [0.25, 0.3) is 5.91 Å². The Kier molecular flexibility index (Phi) is 5.71. The van der Waals surface area contributed by atoms with Gasteiger partial charge in [-0.25, -0.2) is 4.98 Å². The minimum atomic E-state index is -0.243. The molecule has 1 fully saturated rings. The van der Waals surface area contributed by atoms with Crippen LogP contribution in [0.25, 0.3) is 10.2 Å². The molecule has 5 rings (SSSR count). The SMILES string of the molecule is Cc1cc(C)c2sc(N(Cc3ccccc3)C(=O)c3cccc(N4C(=O)CCC4=O)c3)nc2c1. The Balaban J connectivity index is 1.56. The van der Waals surface area contributed by atoms with Crippen molar-refractivity contribution in [2.75, 3.05) is 9.80 Å². The van der Waals surface area contributed by atoms with Gasteiger partial charge >= 0.3 is 0 Å².